The van der Waals surface area contributed by atoms with Gasteiger partial charge in [0.05, 0.1) is 5.69 Å². The van der Waals surface area contributed by atoms with Crippen LogP contribution in [0.15, 0.2) is 34.9 Å². The largest absolute Gasteiger partial charge is 0.475 e. The molecule has 1 saturated heterocycles. The Kier molecular flexibility index (Phi) is 4.01. The summed E-state index contributed by atoms with van der Waals surface area (Å²) >= 11 is 0. The summed E-state index contributed by atoms with van der Waals surface area (Å²) in [6, 6.07) is 8.43. The molecule has 0 saturated carbocycles. The van der Waals surface area contributed by atoms with Crippen LogP contribution in [-0.2, 0) is 6.54 Å². The van der Waals surface area contributed by atoms with Crippen molar-refractivity contribution in [3.8, 4) is 0 Å². The summed E-state index contributed by atoms with van der Waals surface area (Å²) in [6.07, 6.45) is 1.78. The van der Waals surface area contributed by atoms with Crippen LogP contribution in [0.3, 0.4) is 0 Å². The van der Waals surface area contributed by atoms with Gasteiger partial charge >= 0.3 is 5.97 Å². The van der Waals surface area contributed by atoms with Crippen molar-refractivity contribution >= 4 is 16.9 Å². The molecule has 0 unspecified atom stereocenters. The van der Waals surface area contributed by atoms with Crippen LogP contribution < -0.4 is 0 Å². The second-order valence-corrected chi connectivity index (χ2v) is 6.47. The number of halogens is 1. The number of rotatable bonds is 4. The summed E-state index contributed by atoms with van der Waals surface area (Å²) in [6.45, 7) is 2.48. The minimum absolute atomic E-state index is 0.113. The van der Waals surface area contributed by atoms with Crippen LogP contribution in [-0.4, -0.2) is 39.2 Å². The Hall–Kier alpha value is -2.67. The van der Waals surface area contributed by atoms with Crippen molar-refractivity contribution in [2.45, 2.75) is 25.3 Å². The predicted octanol–water partition coefficient (Wildman–Crippen LogP) is 3.37. The molecule has 1 fully saturated rings. The molecule has 1 aliphatic heterocycles. The lowest BCUT2D eigenvalue weighted by molar-refractivity contribution is 0.0651. The highest BCUT2D eigenvalue weighted by Gasteiger charge is 2.25. The number of aromatic amines is 1. The molecule has 3 aromatic rings. The van der Waals surface area contributed by atoms with Crippen LogP contribution in [0.25, 0.3) is 10.9 Å². The van der Waals surface area contributed by atoms with Gasteiger partial charge in [-0.1, -0.05) is 11.2 Å². The van der Waals surface area contributed by atoms with E-state index in [2.05, 4.69) is 15.0 Å². The molecular weight excluding hydrogens is 325 g/mol. The topological polar surface area (TPSA) is 82.4 Å². The second-order valence-electron chi connectivity index (χ2n) is 6.47. The first kappa shape index (κ1) is 15.8. The van der Waals surface area contributed by atoms with Crippen LogP contribution in [0.1, 0.15) is 40.7 Å². The number of aromatic nitrogens is 2. The van der Waals surface area contributed by atoms with E-state index in [9.17, 15) is 9.18 Å². The zero-order valence-corrected chi connectivity index (χ0v) is 13.5. The van der Waals surface area contributed by atoms with Gasteiger partial charge in [-0.3, -0.25) is 4.90 Å². The quantitative estimate of drug-likeness (QED) is 0.759. The van der Waals surface area contributed by atoms with Crippen molar-refractivity contribution in [2.24, 2.45) is 0 Å². The summed E-state index contributed by atoms with van der Waals surface area (Å²) in [7, 11) is 0. The van der Waals surface area contributed by atoms with Crippen molar-refractivity contribution in [3.63, 3.8) is 0 Å². The van der Waals surface area contributed by atoms with E-state index in [-0.39, 0.29) is 17.5 Å². The van der Waals surface area contributed by atoms with Gasteiger partial charge < -0.3 is 14.6 Å². The van der Waals surface area contributed by atoms with Crippen molar-refractivity contribution < 1.29 is 18.8 Å². The fraction of sp³-hybridized carbons (Fsp3) is 0.333. The van der Waals surface area contributed by atoms with E-state index in [1.54, 1.807) is 6.07 Å². The first-order valence-corrected chi connectivity index (χ1v) is 8.28. The van der Waals surface area contributed by atoms with E-state index in [0.717, 1.165) is 43.7 Å². The first-order valence-electron chi connectivity index (χ1n) is 8.28. The number of piperidine rings is 1. The maximum atomic E-state index is 13.8. The van der Waals surface area contributed by atoms with Gasteiger partial charge in [0.15, 0.2) is 0 Å². The standard InChI is InChI=1S/C18H18FN3O3/c19-14-2-1-3-15-13(14)8-12(20-15)10-22-6-4-11(5-7-22)16-9-17(18(23)24)25-21-16/h1-3,8-9,11,20H,4-7,10H2,(H,23,24). The minimum Gasteiger partial charge on any atom is -0.475 e. The van der Waals surface area contributed by atoms with Crippen LogP contribution in [0.5, 0.6) is 0 Å². The van der Waals surface area contributed by atoms with Crippen molar-refractivity contribution in [2.75, 3.05) is 13.1 Å². The lowest BCUT2D eigenvalue weighted by atomic mass is 9.93. The Morgan fingerprint density at radius 3 is 2.84 bits per heavy atom. The van der Waals surface area contributed by atoms with Gasteiger partial charge in [0.1, 0.15) is 5.82 Å². The Morgan fingerprint density at radius 1 is 1.36 bits per heavy atom. The lowest BCUT2D eigenvalue weighted by Gasteiger charge is -2.30. The van der Waals surface area contributed by atoms with E-state index in [1.165, 1.54) is 12.1 Å². The third-order valence-electron chi connectivity index (χ3n) is 4.81. The van der Waals surface area contributed by atoms with E-state index < -0.39 is 5.97 Å². The number of hydrogen-bond acceptors (Lipinski definition) is 4. The Balaban J connectivity index is 1.39. The minimum atomic E-state index is -1.10. The number of nitrogens with zero attached hydrogens (tertiary/aromatic N) is 2. The molecule has 1 aromatic carbocycles. The summed E-state index contributed by atoms with van der Waals surface area (Å²) in [5, 5.41) is 13.4. The average Bonchev–Trinajstić information content (AvgIpc) is 3.23. The van der Waals surface area contributed by atoms with Gasteiger partial charge in [0, 0.05) is 35.1 Å². The number of H-pyrrole nitrogens is 1. The normalized spacial score (nSPS) is 16.5. The molecule has 4 rings (SSSR count). The summed E-state index contributed by atoms with van der Waals surface area (Å²) < 4.78 is 18.6. The van der Waals surface area contributed by atoms with Gasteiger partial charge in [-0.15, -0.1) is 0 Å². The van der Waals surface area contributed by atoms with Crippen molar-refractivity contribution in [3.05, 3.63) is 53.3 Å². The molecule has 0 radical (unpaired) electrons. The maximum absolute atomic E-state index is 13.8. The fourth-order valence-electron chi connectivity index (χ4n) is 3.47. The number of aromatic carboxylic acids is 1. The molecule has 0 amide bonds. The number of fused-ring (bicyclic) bond motifs is 1. The zero-order chi connectivity index (χ0) is 17.4. The van der Waals surface area contributed by atoms with Crippen molar-refractivity contribution in [1.82, 2.24) is 15.0 Å². The molecule has 25 heavy (non-hydrogen) atoms. The molecule has 130 valence electrons. The van der Waals surface area contributed by atoms with Crippen LogP contribution >= 0.6 is 0 Å². The third-order valence-corrected chi connectivity index (χ3v) is 4.81. The molecule has 2 N–H and O–H groups in total. The second kappa shape index (κ2) is 6.33. The highest BCUT2D eigenvalue weighted by molar-refractivity contribution is 5.84. The number of hydrogen-bond donors (Lipinski definition) is 2. The van der Waals surface area contributed by atoms with E-state index >= 15 is 0 Å². The van der Waals surface area contributed by atoms with Crippen LogP contribution in [0.2, 0.25) is 0 Å². The summed E-state index contributed by atoms with van der Waals surface area (Å²) in [5.74, 6) is -1.20. The molecule has 6 nitrogen and oxygen atoms in total. The van der Waals surface area contributed by atoms with Gasteiger partial charge in [0.25, 0.3) is 0 Å². The zero-order valence-electron chi connectivity index (χ0n) is 13.5. The molecule has 0 bridgehead atoms. The van der Waals surface area contributed by atoms with E-state index in [4.69, 9.17) is 9.63 Å². The monoisotopic (exact) mass is 343 g/mol. The predicted molar refractivity (Wildman–Crippen MR) is 89.0 cm³/mol. The summed E-state index contributed by atoms with van der Waals surface area (Å²) in [4.78, 5) is 16.4. The molecule has 0 aliphatic carbocycles. The van der Waals surface area contributed by atoms with Gasteiger partial charge in [-0.25, -0.2) is 9.18 Å². The molecule has 0 spiro atoms. The molecule has 0 atom stereocenters. The Bertz CT molecular complexity index is 909. The number of carboxylic acid groups (broad SMARTS) is 1. The SMILES string of the molecule is O=C(O)c1cc(C2CCN(Cc3cc4c(F)cccc4[nH]3)CC2)no1. The fourth-order valence-corrected chi connectivity index (χ4v) is 3.47. The van der Waals surface area contributed by atoms with Crippen molar-refractivity contribution in [1.29, 1.82) is 0 Å². The first-order chi connectivity index (χ1) is 12.1. The number of carboxylic acids is 1. The highest BCUT2D eigenvalue weighted by atomic mass is 19.1. The molecule has 7 heteroatoms. The van der Waals surface area contributed by atoms with Crippen LogP contribution in [0.4, 0.5) is 4.39 Å². The Labute approximate surface area is 143 Å². The molecule has 1 aliphatic rings. The number of carbonyl (C=O) groups is 1. The number of benzene rings is 1. The molecule has 3 heterocycles. The third kappa shape index (κ3) is 3.15. The smallest absolute Gasteiger partial charge is 0.374 e. The number of nitrogens with one attached hydrogen (secondary N) is 1. The highest BCUT2D eigenvalue weighted by Crippen LogP contribution is 2.29. The van der Waals surface area contributed by atoms with E-state index in [0.29, 0.717) is 11.1 Å². The summed E-state index contributed by atoms with van der Waals surface area (Å²) in [5.41, 5.74) is 2.52. The maximum Gasteiger partial charge on any atom is 0.374 e. The number of likely N-dealkylation sites (tertiary alicyclic amines) is 1. The van der Waals surface area contributed by atoms with E-state index in [1.807, 2.05) is 12.1 Å². The average molecular weight is 343 g/mol. The molecular formula is C18H18FN3O3. The molecule has 2 aromatic heterocycles. The van der Waals surface area contributed by atoms with Gasteiger partial charge in [-0.05, 0) is 44.1 Å². The van der Waals surface area contributed by atoms with Crippen LogP contribution in [0, 0.1) is 5.82 Å². The van der Waals surface area contributed by atoms with Gasteiger partial charge in [0.2, 0.25) is 5.76 Å². The Morgan fingerprint density at radius 2 is 2.16 bits per heavy atom. The lowest BCUT2D eigenvalue weighted by Crippen LogP contribution is -2.32. The van der Waals surface area contributed by atoms with Gasteiger partial charge in [-0.2, -0.15) is 0 Å².